The second-order valence-electron chi connectivity index (χ2n) is 2.49. The Hall–Kier alpha value is -0.670. The zero-order valence-corrected chi connectivity index (χ0v) is 7.25. The van der Waals surface area contributed by atoms with E-state index in [0.717, 1.165) is 0 Å². The molecule has 1 aromatic rings. The third kappa shape index (κ3) is 1.42. The van der Waals surface area contributed by atoms with Crippen molar-refractivity contribution in [2.75, 3.05) is 0 Å². The lowest BCUT2D eigenvalue weighted by molar-refractivity contribution is 0.551. The second kappa shape index (κ2) is 3.37. The summed E-state index contributed by atoms with van der Waals surface area (Å²) in [5.41, 5.74) is 5.31. The van der Waals surface area contributed by atoms with Crippen molar-refractivity contribution in [3.8, 4) is 0 Å². The fraction of sp³-hybridized carbons (Fsp3) is 0.250. The van der Waals surface area contributed by atoms with Crippen LogP contribution in [0.25, 0.3) is 0 Å². The minimum absolute atomic E-state index is 0.0886. The SMILES string of the molecule is Cc1cc(Cl)c(F)c(CN)c1F. The zero-order chi connectivity index (χ0) is 9.30. The lowest BCUT2D eigenvalue weighted by Gasteiger charge is -2.05. The summed E-state index contributed by atoms with van der Waals surface area (Å²) in [5.74, 6) is -1.37. The Labute approximate surface area is 74.1 Å². The molecule has 0 radical (unpaired) electrons. The highest BCUT2D eigenvalue weighted by Crippen LogP contribution is 2.23. The van der Waals surface area contributed by atoms with Crippen LogP contribution in [0.4, 0.5) is 8.78 Å². The topological polar surface area (TPSA) is 26.0 Å². The summed E-state index contributed by atoms with van der Waals surface area (Å²) in [5, 5.41) is -0.0886. The van der Waals surface area contributed by atoms with Crippen LogP contribution in [0.5, 0.6) is 0 Å². The molecule has 0 heterocycles. The average Bonchev–Trinajstić information content (AvgIpc) is 2.02. The molecule has 0 bridgehead atoms. The molecule has 0 saturated carbocycles. The number of benzene rings is 1. The highest BCUT2D eigenvalue weighted by atomic mass is 35.5. The number of hydrogen-bond acceptors (Lipinski definition) is 1. The van der Waals surface area contributed by atoms with Gasteiger partial charge in [-0.3, -0.25) is 0 Å². The first kappa shape index (κ1) is 9.42. The predicted molar refractivity (Wildman–Crippen MR) is 44.0 cm³/mol. The average molecular weight is 192 g/mol. The Balaban J connectivity index is 3.42. The molecule has 1 aromatic carbocycles. The molecular formula is C8H8ClF2N. The van der Waals surface area contributed by atoms with Gasteiger partial charge in [0, 0.05) is 12.1 Å². The van der Waals surface area contributed by atoms with Gasteiger partial charge in [0.25, 0.3) is 0 Å². The minimum atomic E-state index is -0.762. The number of rotatable bonds is 1. The molecular weight excluding hydrogens is 184 g/mol. The molecule has 2 N–H and O–H groups in total. The lowest BCUT2D eigenvalue weighted by atomic mass is 10.1. The van der Waals surface area contributed by atoms with E-state index in [1.165, 1.54) is 13.0 Å². The maximum atomic E-state index is 13.1. The van der Waals surface area contributed by atoms with E-state index in [1.807, 2.05) is 0 Å². The Morgan fingerprint density at radius 2 is 2.00 bits per heavy atom. The van der Waals surface area contributed by atoms with Gasteiger partial charge in [0.2, 0.25) is 0 Å². The number of halogens is 3. The molecule has 0 spiro atoms. The van der Waals surface area contributed by atoms with Crippen LogP contribution >= 0.6 is 11.6 Å². The summed E-state index contributed by atoms with van der Waals surface area (Å²) < 4.78 is 26.1. The van der Waals surface area contributed by atoms with Crippen molar-refractivity contribution in [3.63, 3.8) is 0 Å². The van der Waals surface area contributed by atoms with Crippen LogP contribution in [0.3, 0.4) is 0 Å². The number of aryl methyl sites for hydroxylation is 1. The Morgan fingerprint density at radius 1 is 1.42 bits per heavy atom. The summed E-state index contributed by atoms with van der Waals surface area (Å²) >= 11 is 5.47. The van der Waals surface area contributed by atoms with Gasteiger partial charge in [-0.05, 0) is 18.6 Å². The normalized spacial score (nSPS) is 10.4. The first-order chi connectivity index (χ1) is 5.57. The van der Waals surface area contributed by atoms with Crippen LogP contribution in [0.1, 0.15) is 11.1 Å². The molecule has 0 saturated heterocycles. The first-order valence-electron chi connectivity index (χ1n) is 3.41. The van der Waals surface area contributed by atoms with E-state index in [0.29, 0.717) is 5.56 Å². The highest BCUT2D eigenvalue weighted by molar-refractivity contribution is 6.30. The largest absolute Gasteiger partial charge is 0.326 e. The first-order valence-corrected chi connectivity index (χ1v) is 3.78. The summed E-state index contributed by atoms with van der Waals surface area (Å²) in [7, 11) is 0. The predicted octanol–water partition coefficient (Wildman–Crippen LogP) is 2.39. The molecule has 0 aliphatic heterocycles. The van der Waals surface area contributed by atoms with Gasteiger partial charge in [-0.1, -0.05) is 11.6 Å². The number of hydrogen-bond donors (Lipinski definition) is 1. The summed E-state index contributed by atoms with van der Waals surface area (Å²) in [6, 6.07) is 1.24. The van der Waals surface area contributed by atoms with Crippen LogP contribution in [-0.2, 0) is 6.54 Å². The van der Waals surface area contributed by atoms with Crippen LogP contribution in [0.15, 0.2) is 6.07 Å². The van der Waals surface area contributed by atoms with Gasteiger partial charge in [0.05, 0.1) is 5.02 Å². The van der Waals surface area contributed by atoms with Crippen LogP contribution in [0.2, 0.25) is 5.02 Å². The molecule has 0 atom stereocenters. The van der Waals surface area contributed by atoms with Crippen molar-refractivity contribution in [1.29, 1.82) is 0 Å². The second-order valence-corrected chi connectivity index (χ2v) is 2.89. The van der Waals surface area contributed by atoms with Crippen molar-refractivity contribution in [3.05, 3.63) is 33.9 Å². The van der Waals surface area contributed by atoms with E-state index in [-0.39, 0.29) is 17.1 Å². The van der Waals surface area contributed by atoms with Gasteiger partial charge in [0.1, 0.15) is 11.6 Å². The van der Waals surface area contributed by atoms with E-state index < -0.39 is 11.6 Å². The molecule has 0 amide bonds. The van der Waals surface area contributed by atoms with Crippen LogP contribution < -0.4 is 5.73 Å². The van der Waals surface area contributed by atoms with Crippen LogP contribution in [-0.4, -0.2) is 0 Å². The van der Waals surface area contributed by atoms with Gasteiger partial charge >= 0.3 is 0 Å². The molecule has 0 unspecified atom stereocenters. The third-order valence-electron chi connectivity index (χ3n) is 1.63. The van der Waals surface area contributed by atoms with Crippen LogP contribution in [0, 0.1) is 18.6 Å². The van der Waals surface area contributed by atoms with E-state index in [1.54, 1.807) is 0 Å². The van der Waals surface area contributed by atoms with Crippen molar-refractivity contribution in [1.82, 2.24) is 0 Å². The maximum absolute atomic E-state index is 13.1. The molecule has 0 aliphatic rings. The molecule has 1 nitrogen and oxygen atoms in total. The van der Waals surface area contributed by atoms with Gasteiger partial charge in [-0.2, -0.15) is 0 Å². The monoisotopic (exact) mass is 191 g/mol. The van der Waals surface area contributed by atoms with E-state index in [2.05, 4.69) is 0 Å². The molecule has 12 heavy (non-hydrogen) atoms. The fourth-order valence-corrected chi connectivity index (χ4v) is 1.25. The Kier molecular flexibility index (Phi) is 2.65. The van der Waals surface area contributed by atoms with Gasteiger partial charge in [0.15, 0.2) is 0 Å². The van der Waals surface area contributed by atoms with Crippen molar-refractivity contribution < 1.29 is 8.78 Å². The molecule has 4 heteroatoms. The smallest absolute Gasteiger partial charge is 0.149 e. The molecule has 0 aliphatic carbocycles. The van der Waals surface area contributed by atoms with Crippen molar-refractivity contribution in [2.45, 2.75) is 13.5 Å². The lowest BCUT2D eigenvalue weighted by Crippen LogP contribution is -2.05. The standard InChI is InChI=1S/C8H8ClF2N/c1-4-2-6(9)8(11)5(3-12)7(4)10/h2H,3,12H2,1H3. The molecule has 0 fully saturated rings. The quantitative estimate of drug-likeness (QED) is 0.678. The summed E-state index contributed by atoms with van der Waals surface area (Å²) in [6.45, 7) is 1.33. The molecule has 1 rings (SSSR count). The Bertz CT molecular complexity index is 286. The highest BCUT2D eigenvalue weighted by Gasteiger charge is 2.13. The molecule has 66 valence electrons. The zero-order valence-electron chi connectivity index (χ0n) is 6.50. The van der Waals surface area contributed by atoms with E-state index in [4.69, 9.17) is 17.3 Å². The van der Waals surface area contributed by atoms with Gasteiger partial charge in [-0.25, -0.2) is 8.78 Å². The summed E-state index contributed by atoms with van der Waals surface area (Å²) in [6.07, 6.45) is 0. The Morgan fingerprint density at radius 3 is 2.50 bits per heavy atom. The van der Waals surface area contributed by atoms with Gasteiger partial charge in [-0.15, -0.1) is 0 Å². The van der Waals surface area contributed by atoms with Gasteiger partial charge < -0.3 is 5.73 Å². The van der Waals surface area contributed by atoms with Crippen molar-refractivity contribution in [2.24, 2.45) is 5.73 Å². The van der Waals surface area contributed by atoms with E-state index >= 15 is 0 Å². The molecule has 0 aromatic heterocycles. The van der Waals surface area contributed by atoms with E-state index in [9.17, 15) is 8.78 Å². The fourth-order valence-electron chi connectivity index (χ4n) is 0.975. The minimum Gasteiger partial charge on any atom is -0.326 e. The maximum Gasteiger partial charge on any atom is 0.149 e. The van der Waals surface area contributed by atoms with Crippen molar-refractivity contribution >= 4 is 11.6 Å². The summed E-state index contributed by atoms with van der Waals surface area (Å²) in [4.78, 5) is 0. The number of nitrogens with two attached hydrogens (primary N) is 1. The third-order valence-corrected chi connectivity index (χ3v) is 1.91.